The molecule has 1 heterocycles. The number of hydrogen-bond donors (Lipinski definition) is 2. The van der Waals surface area contributed by atoms with Crippen molar-refractivity contribution in [2.45, 2.75) is 25.4 Å². The zero-order valence-electron chi connectivity index (χ0n) is 8.99. The lowest BCUT2D eigenvalue weighted by molar-refractivity contribution is -0.130. The lowest BCUT2D eigenvalue weighted by atomic mass is 10.2. The summed E-state index contributed by atoms with van der Waals surface area (Å²) in [6.07, 6.45) is 1.18. The fourth-order valence-electron chi connectivity index (χ4n) is 1.42. The number of hydrogen-bond acceptors (Lipinski definition) is 4. The largest absolute Gasteiger partial charge is 0.368 e. The molecule has 1 atom stereocenters. The van der Waals surface area contributed by atoms with E-state index in [1.54, 1.807) is 6.07 Å². The Hall–Kier alpha value is -1.61. The second-order valence-electron chi connectivity index (χ2n) is 3.48. The van der Waals surface area contributed by atoms with Crippen molar-refractivity contribution in [3.8, 4) is 6.07 Å². The van der Waals surface area contributed by atoms with Crippen molar-refractivity contribution in [3.63, 3.8) is 0 Å². The van der Waals surface area contributed by atoms with E-state index < -0.39 is 0 Å². The highest BCUT2D eigenvalue weighted by molar-refractivity contribution is 5.81. The predicted octanol–water partition coefficient (Wildman–Crippen LogP) is -0.689. The highest BCUT2D eigenvalue weighted by atomic mass is 16.5. The van der Waals surface area contributed by atoms with Gasteiger partial charge in [0.1, 0.15) is 12.5 Å². The van der Waals surface area contributed by atoms with Crippen LogP contribution in [0.4, 0.5) is 0 Å². The number of amides is 2. The van der Waals surface area contributed by atoms with Gasteiger partial charge in [-0.25, -0.2) is 0 Å². The standard InChI is InChI=1S/C10H15N3O3/c11-4-3-9(14)12-5-6-13-10(15)8-2-1-7-16-8/h8H,1-3,5-7H2,(H,12,14)(H,13,15). The normalized spacial score (nSPS) is 18.8. The van der Waals surface area contributed by atoms with E-state index in [9.17, 15) is 9.59 Å². The van der Waals surface area contributed by atoms with Gasteiger partial charge >= 0.3 is 0 Å². The Morgan fingerprint density at radius 3 is 2.75 bits per heavy atom. The van der Waals surface area contributed by atoms with Crippen molar-refractivity contribution in [2.75, 3.05) is 19.7 Å². The summed E-state index contributed by atoms with van der Waals surface area (Å²) in [7, 11) is 0. The van der Waals surface area contributed by atoms with Gasteiger partial charge in [-0.1, -0.05) is 0 Å². The Bertz CT molecular complexity index is 292. The van der Waals surface area contributed by atoms with Gasteiger partial charge in [0.25, 0.3) is 0 Å². The first kappa shape index (κ1) is 12.5. The summed E-state index contributed by atoms with van der Waals surface area (Å²) in [6, 6.07) is 1.74. The molecule has 1 saturated heterocycles. The predicted molar refractivity (Wildman–Crippen MR) is 55.2 cm³/mol. The molecule has 1 aliphatic rings. The number of nitrogens with one attached hydrogen (secondary N) is 2. The molecule has 0 aromatic rings. The topological polar surface area (TPSA) is 91.2 Å². The van der Waals surface area contributed by atoms with E-state index in [2.05, 4.69) is 10.6 Å². The molecule has 0 aromatic heterocycles. The number of rotatable bonds is 5. The Labute approximate surface area is 93.9 Å². The van der Waals surface area contributed by atoms with Crippen LogP contribution in [0.25, 0.3) is 0 Å². The maximum Gasteiger partial charge on any atom is 0.249 e. The summed E-state index contributed by atoms with van der Waals surface area (Å²) >= 11 is 0. The molecule has 6 heteroatoms. The second kappa shape index (κ2) is 6.80. The molecular formula is C10H15N3O3. The molecule has 1 fully saturated rings. The van der Waals surface area contributed by atoms with Crippen LogP contribution in [-0.4, -0.2) is 37.6 Å². The van der Waals surface area contributed by atoms with Crippen LogP contribution in [0.2, 0.25) is 0 Å². The maximum atomic E-state index is 11.4. The van der Waals surface area contributed by atoms with Crippen LogP contribution in [0.15, 0.2) is 0 Å². The minimum absolute atomic E-state index is 0.132. The molecule has 2 N–H and O–H groups in total. The molecule has 0 radical (unpaired) electrons. The first-order chi connectivity index (χ1) is 7.74. The highest BCUT2D eigenvalue weighted by Crippen LogP contribution is 2.11. The molecule has 6 nitrogen and oxygen atoms in total. The Balaban J connectivity index is 2.04. The van der Waals surface area contributed by atoms with E-state index in [0.29, 0.717) is 19.7 Å². The molecule has 0 aromatic carbocycles. The Kier molecular flexibility index (Phi) is 5.29. The van der Waals surface area contributed by atoms with Gasteiger partial charge in [0.2, 0.25) is 11.8 Å². The maximum absolute atomic E-state index is 11.4. The SMILES string of the molecule is N#CCC(=O)NCCNC(=O)C1CCCO1. The zero-order valence-corrected chi connectivity index (χ0v) is 8.99. The third-order valence-corrected chi connectivity index (χ3v) is 2.21. The van der Waals surface area contributed by atoms with Gasteiger partial charge in [0, 0.05) is 19.7 Å². The van der Waals surface area contributed by atoms with Crippen LogP contribution < -0.4 is 10.6 Å². The molecule has 1 unspecified atom stereocenters. The number of carbonyl (C=O) groups excluding carboxylic acids is 2. The average molecular weight is 225 g/mol. The first-order valence-electron chi connectivity index (χ1n) is 5.27. The van der Waals surface area contributed by atoms with E-state index in [1.807, 2.05) is 0 Å². The summed E-state index contributed by atoms with van der Waals surface area (Å²) in [5.41, 5.74) is 0. The molecule has 0 aliphatic carbocycles. The summed E-state index contributed by atoms with van der Waals surface area (Å²) < 4.78 is 5.19. The Morgan fingerprint density at radius 2 is 2.12 bits per heavy atom. The van der Waals surface area contributed by atoms with Gasteiger partial charge in [0.05, 0.1) is 6.07 Å². The molecule has 1 rings (SSSR count). The van der Waals surface area contributed by atoms with Crippen LogP contribution in [0.5, 0.6) is 0 Å². The number of carbonyl (C=O) groups is 2. The monoisotopic (exact) mass is 225 g/mol. The van der Waals surface area contributed by atoms with E-state index in [1.165, 1.54) is 0 Å². The smallest absolute Gasteiger partial charge is 0.249 e. The van der Waals surface area contributed by atoms with Crippen LogP contribution >= 0.6 is 0 Å². The van der Waals surface area contributed by atoms with Crippen molar-refractivity contribution in [1.29, 1.82) is 5.26 Å². The number of nitriles is 1. The van der Waals surface area contributed by atoms with Gasteiger partial charge in [-0.3, -0.25) is 9.59 Å². The third kappa shape index (κ3) is 4.28. The van der Waals surface area contributed by atoms with E-state index >= 15 is 0 Å². The Morgan fingerprint density at radius 1 is 1.38 bits per heavy atom. The molecule has 0 spiro atoms. The molecule has 1 aliphatic heterocycles. The zero-order chi connectivity index (χ0) is 11.8. The van der Waals surface area contributed by atoms with Gasteiger partial charge in [-0.05, 0) is 12.8 Å². The minimum atomic E-state index is -0.338. The van der Waals surface area contributed by atoms with E-state index in [0.717, 1.165) is 12.8 Å². The first-order valence-corrected chi connectivity index (χ1v) is 5.27. The van der Waals surface area contributed by atoms with Crippen molar-refractivity contribution < 1.29 is 14.3 Å². The average Bonchev–Trinajstić information content (AvgIpc) is 2.78. The van der Waals surface area contributed by atoms with Crippen molar-refractivity contribution >= 4 is 11.8 Å². The van der Waals surface area contributed by atoms with Gasteiger partial charge in [-0.2, -0.15) is 5.26 Å². The number of ether oxygens (including phenoxy) is 1. The summed E-state index contributed by atoms with van der Waals surface area (Å²) in [5, 5.41) is 13.4. The minimum Gasteiger partial charge on any atom is -0.368 e. The van der Waals surface area contributed by atoms with Crippen LogP contribution in [-0.2, 0) is 14.3 Å². The van der Waals surface area contributed by atoms with Crippen LogP contribution in [0.3, 0.4) is 0 Å². The third-order valence-electron chi connectivity index (χ3n) is 2.21. The van der Waals surface area contributed by atoms with Gasteiger partial charge in [0.15, 0.2) is 0 Å². The van der Waals surface area contributed by atoms with Gasteiger partial charge in [-0.15, -0.1) is 0 Å². The van der Waals surface area contributed by atoms with E-state index in [-0.39, 0.29) is 24.3 Å². The van der Waals surface area contributed by atoms with Crippen molar-refractivity contribution in [1.82, 2.24) is 10.6 Å². The quantitative estimate of drug-likeness (QED) is 0.606. The molecular weight excluding hydrogens is 210 g/mol. The molecule has 0 bridgehead atoms. The van der Waals surface area contributed by atoms with Crippen molar-refractivity contribution in [2.24, 2.45) is 0 Å². The molecule has 88 valence electrons. The van der Waals surface area contributed by atoms with Crippen LogP contribution in [0, 0.1) is 11.3 Å². The number of nitrogens with zero attached hydrogens (tertiary/aromatic N) is 1. The van der Waals surface area contributed by atoms with E-state index in [4.69, 9.17) is 10.00 Å². The molecule has 16 heavy (non-hydrogen) atoms. The highest BCUT2D eigenvalue weighted by Gasteiger charge is 2.22. The fraction of sp³-hybridized carbons (Fsp3) is 0.700. The summed E-state index contributed by atoms with van der Waals surface area (Å²) in [4.78, 5) is 22.3. The lowest BCUT2D eigenvalue weighted by Gasteiger charge is -2.10. The molecule has 0 saturated carbocycles. The van der Waals surface area contributed by atoms with Crippen LogP contribution in [0.1, 0.15) is 19.3 Å². The molecule has 2 amide bonds. The van der Waals surface area contributed by atoms with Crippen molar-refractivity contribution in [3.05, 3.63) is 0 Å². The fourth-order valence-corrected chi connectivity index (χ4v) is 1.42. The van der Waals surface area contributed by atoms with Gasteiger partial charge < -0.3 is 15.4 Å². The second-order valence-corrected chi connectivity index (χ2v) is 3.48. The summed E-state index contributed by atoms with van der Waals surface area (Å²) in [6.45, 7) is 1.33. The lowest BCUT2D eigenvalue weighted by Crippen LogP contribution is -2.39. The summed E-state index contributed by atoms with van der Waals surface area (Å²) in [5.74, 6) is -0.458.